The van der Waals surface area contributed by atoms with Crippen molar-refractivity contribution in [2.45, 2.75) is 119 Å². The first-order valence-electron chi connectivity index (χ1n) is 14.0. The fraction of sp³-hybridized carbons (Fsp3) is 0.871. The molecular weight excluding hydrogens is 388 g/mol. The van der Waals surface area contributed by atoms with E-state index < -0.39 is 0 Å². The molecule has 3 saturated carbocycles. The molecule has 0 amide bonds. The summed E-state index contributed by atoms with van der Waals surface area (Å²) in [5, 5.41) is 10.6. The standard InChI is InChI=1S/C31H52O/c1-9-23(20(2)3)11-10-21(4)24-14-18-31(8)27-13-12-25-22(5)28(32)16-17-29(25,6)26(27)15-19-30(24,31)7/h9,13,20-22,24-26,28,32H,10-12,14-19H2,1-8H3/b23-9+/t21-,22+,24-,25+,26+,28+,29+,30-,31+/m1/s1. The van der Waals surface area contributed by atoms with Gasteiger partial charge in [-0.15, -0.1) is 0 Å². The highest BCUT2D eigenvalue weighted by atomic mass is 16.3. The second-order valence-corrected chi connectivity index (χ2v) is 13.5. The summed E-state index contributed by atoms with van der Waals surface area (Å²) in [7, 11) is 0. The molecule has 4 aliphatic carbocycles. The van der Waals surface area contributed by atoms with Crippen LogP contribution in [0.4, 0.5) is 0 Å². The van der Waals surface area contributed by atoms with E-state index in [4.69, 9.17) is 0 Å². The molecule has 0 heterocycles. The maximum absolute atomic E-state index is 10.6. The molecule has 1 nitrogen and oxygen atoms in total. The Bertz CT molecular complexity index is 760. The van der Waals surface area contributed by atoms with Gasteiger partial charge in [-0.25, -0.2) is 0 Å². The van der Waals surface area contributed by atoms with Crippen molar-refractivity contribution in [2.75, 3.05) is 0 Å². The summed E-state index contributed by atoms with van der Waals surface area (Å²) in [5.41, 5.74) is 4.72. The lowest BCUT2D eigenvalue weighted by Crippen LogP contribution is -2.55. The monoisotopic (exact) mass is 440 g/mol. The Kier molecular flexibility index (Phi) is 6.59. The van der Waals surface area contributed by atoms with Crippen LogP contribution in [-0.2, 0) is 0 Å². The summed E-state index contributed by atoms with van der Waals surface area (Å²) in [5.74, 6) is 4.22. The highest BCUT2D eigenvalue weighted by Gasteiger charge is 2.64. The smallest absolute Gasteiger partial charge is 0.0568 e. The predicted molar refractivity (Wildman–Crippen MR) is 137 cm³/mol. The van der Waals surface area contributed by atoms with Crippen molar-refractivity contribution < 1.29 is 5.11 Å². The van der Waals surface area contributed by atoms with Crippen molar-refractivity contribution in [1.82, 2.24) is 0 Å². The van der Waals surface area contributed by atoms with Gasteiger partial charge in [-0.1, -0.05) is 71.8 Å². The summed E-state index contributed by atoms with van der Waals surface area (Å²) in [6.45, 7) is 19.8. The van der Waals surface area contributed by atoms with Gasteiger partial charge in [-0.05, 0) is 116 Å². The highest BCUT2D eigenvalue weighted by molar-refractivity contribution is 5.32. The molecule has 0 unspecified atom stereocenters. The maximum Gasteiger partial charge on any atom is 0.0568 e. The van der Waals surface area contributed by atoms with E-state index in [1.807, 2.05) is 5.57 Å². The molecule has 0 saturated heterocycles. The topological polar surface area (TPSA) is 20.2 Å². The zero-order chi connectivity index (χ0) is 23.5. The van der Waals surface area contributed by atoms with Gasteiger partial charge in [-0.2, -0.15) is 0 Å². The SMILES string of the molecule is C/C=C(\CC[C@@H](C)[C@H]1CC[C@@]2(C)C3=CC[C@H]4[C@H](C)[C@@H](O)CC[C@]4(C)[C@H]3CC[C@]12C)C(C)C. The second kappa shape index (κ2) is 8.58. The van der Waals surface area contributed by atoms with E-state index in [9.17, 15) is 5.11 Å². The number of allylic oxidation sites excluding steroid dienone is 4. The molecule has 182 valence electrons. The van der Waals surface area contributed by atoms with Crippen molar-refractivity contribution in [3.63, 3.8) is 0 Å². The van der Waals surface area contributed by atoms with Crippen LogP contribution in [0.2, 0.25) is 0 Å². The van der Waals surface area contributed by atoms with Crippen molar-refractivity contribution in [3.8, 4) is 0 Å². The third kappa shape index (κ3) is 3.50. The minimum Gasteiger partial charge on any atom is -0.393 e. The molecule has 0 aromatic rings. The van der Waals surface area contributed by atoms with Gasteiger partial charge in [0.15, 0.2) is 0 Å². The van der Waals surface area contributed by atoms with Crippen LogP contribution in [0.25, 0.3) is 0 Å². The normalized spacial score (nSPS) is 47.5. The molecule has 0 aromatic heterocycles. The van der Waals surface area contributed by atoms with Crippen molar-refractivity contribution in [3.05, 3.63) is 23.3 Å². The number of aliphatic hydroxyl groups excluding tert-OH is 1. The van der Waals surface area contributed by atoms with Crippen LogP contribution in [0, 0.1) is 51.8 Å². The average Bonchev–Trinajstić information content (AvgIpc) is 3.02. The van der Waals surface area contributed by atoms with E-state index in [1.165, 1.54) is 51.4 Å². The Morgan fingerprint density at radius 1 is 1.09 bits per heavy atom. The Hall–Kier alpha value is -0.560. The Morgan fingerprint density at radius 3 is 2.47 bits per heavy atom. The summed E-state index contributed by atoms with van der Waals surface area (Å²) in [4.78, 5) is 0. The van der Waals surface area contributed by atoms with Crippen LogP contribution in [-0.4, -0.2) is 11.2 Å². The Balaban J connectivity index is 1.57. The maximum atomic E-state index is 10.6. The lowest BCUT2D eigenvalue weighted by molar-refractivity contribution is -0.0896. The molecule has 1 heteroatoms. The van der Waals surface area contributed by atoms with Gasteiger partial charge in [0.1, 0.15) is 0 Å². The zero-order valence-corrected chi connectivity index (χ0v) is 22.5. The van der Waals surface area contributed by atoms with Crippen molar-refractivity contribution in [2.24, 2.45) is 51.8 Å². The van der Waals surface area contributed by atoms with E-state index in [0.29, 0.717) is 34.0 Å². The summed E-state index contributed by atoms with van der Waals surface area (Å²) >= 11 is 0. The molecule has 3 fully saturated rings. The molecular formula is C31H52O. The first kappa shape index (κ1) is 24.6. The van der Waals surface area contributed by atoms with Gasteiger partial charge in [0.2, 0.25) is 0 Å². The minimum atomic E-state index is -0.0860. The van der Waals surface area contributed by atoms with Gasteiger partial charge in [0.05, 0.1) is 6.10 Å². The van der Waals surface area contributed by atoms with Gasteiger partial charge in [0, 0.05) is 0 Å². The number of hydrogen-bond acceptors (Lipinski definition) is 1. The average molecular weight is 441 g/mol. The van der Waals surface area contributed by atoms with Crippen LogP contribution in [0.3, 0.4) is 0 Å². The number of aliphatic hydroxyl groups is 1. The van der Waals surface area contributed by atoms with E-state index >= 15 is 0 Å². The van der Waals surface area contributed by atoms with Gasteiger partial charge in [0.25, 0.3) is 0 Å². The molecule has 4 aliphatic rings. The van der Waals surface area contributed by atoms with E-state index in [-0.39, 0.29) is 6.10 Å². The quantitative estimate of drug-likeness (QED) is 0.424. The first-order chi connectivity index (χ1) is 15.0. The van der Waals surface area contributed by atoms with Gasteiger partial charge >= 0.3 is 0 Å². The van der Waals surface area contributed by atoms with Crippen molar-refractivity contribution in [1.29, 1.82) is 0 Å². The minimum absolute atomic E-state index is 0.0860. The van der Waals surface area contributed by atoms with Crippen LogP contribution in [0.15, 0.2) is 23.3 Å². The molecule has 0 aromatic carbocycles. The number of hydrogen-bond donors (Lipinski definition) is 1. The zero-order valence-electron chi connectivity index (χ0n) is 22.5. The molecule has 0 radical (unpaired) electrons. The molecule has 0 aliphatic heterocycles. The first-order valence-corrected chi connectivity index (χ1v) is 14.0. The lowest BCUT2D eigenvalue weighted by atomic mass is 9.42. The lowest BCUT2D eigenvalue weighted by Gasteiger charge is -2.62. The summed E-state index contributed by atoms with van der Waals surface area (Å²) in [6.07, 6.45) is 16.6. The molecule has 0 bridgehead atoms. The summed E-state index contributed by atoms with van der Waals surface area (Å²) in [6, 6.07) is 0. The summed E-state index contributed by atoms with van der Waals surface area (Å²) < 4.78 is 0. The number of fused-ring (bicyclic) bond motifs is 5. The fourth-order valence-corrected chi connectivity index (χ4v) is 9.65. The van der Waals surface area contributed by atoms with E-state index in [1.54, 1.807) is 5.57 Å². The highest BCUT2D eigenvalue weighted by Crippen LogP contribution is 2.72. The third-order valence-electron chi connectivity index (χ3n) is 12.1. The van der Waals surface area contributed by atoms with Gasteiger partial charge in [-0.3, -0.25) is 0 Å². The van der Waals surface area contributed by atoms with E-state index in [2.05, 4.69) is 67.5 Å². The predicted octanol–water partition coefficient (Wildman–Crippen LogP) is 8.58. The molecule has 1 N–H and O–H groups in total. The fourth-order valence-electron chi connectivity index (χ4n) is 9.65. The largest absolute Gasteiger partial charge is 0.393 e. The van der Waals surface area contributed by atoms with Crippen molar-refractivity contribution >= 4 is 0 Å². The van der Waals surface area contributed by atoms with E-state index in [0.717, 1.165) is 24.2 Å². The number of rotatable bonds is 5. The van der Waals surface area contributed by atoms with Crippen LogP contribution >= 0.6 is 0 Å². The van der Waals surface area contributed by atoms with Crippen LogP contribution in [0.1, 0.15) is 113 Å². The van der Waals surface area contributed by atoms with Gasteiger partial charge < -0.3 is 5.11 Å². The third-order valence-corrected chi connectivity index (χ3v) is 12.1. The Labute approximate surface area is 199 Å². The molecule has 4 rings (SSSR count). The van der Waals surface area contributed by atoms with Crippen LogP contribution in [0.5, 0.6) is 0 Å². The Morgan fingerprint density at radius 2 is 1.81 bits per heavy atom. The second-order valence-electron chi connectivity index (χ2n) is 13.5. The van der Waals surface area contributed by atoms with Crippen LogP contribution < -0.4 is 0 Å². The molecule has 32 heavy (non-hydrogen) atoms. The molecule has 0 spiro atoms. The molecule has 9 atom stereocenters.